The van der Waals surface area contributed by atoms with E-state index in [1.54, 1.807) is 6.07 Å². The number of urea groups is 1. The number of hydrogen-bond donors (Lipinski definition) is 2. The Labute approximate surface area is 147 Å². The second-order valence-corrected chi connectivity index (χ2v) is 6.19. The Morgan fingerprint density at radius 3 is 2.80 bits per heavy atom. The van der Waals surface area contributed by atoms with Crippen LogP contribution >= 0.6 is 0 Å². The van der Waals surface area contributed by atoms with Crippen molar-refractivity contribution in [2.45, 2.75) is 26.4 Å². The van der Waals surface area contributed by atoms with Crippen LogP contribution in [0.5, 0.6) is 0 Å². The fourth-order valence-electron chi connectivity index (χ4n) is 2.73. The number of ether oxygens (including phenoxy) is 1. The van der Waals surface area contributed by atoms with Gasteiger partial charge in [-0.25, -0.2) is 4.79 Å². The van der Waals surface area contributed by atoms with Crippen molar-refractivity contribution in [3.8, 4) is 0 Å². The van der Waals surface area contributed by atoms with Crippen LogP contribution in [0.15, 0.2) is 28.8 Å². The molecule has 1 atom stereocenters. The number of nitrogens with zero attached hydrogens (tertiary/aromatic N) is 3. The van der Waals surface area contributed by atoms with Crippen LogP contribution in [-0.4, -0.2) is 53.6 Å². The molecule has 0 spiro atoms. The number of morpholine rings is 1. The van der Waals surface area contributed by atoms with E-state index in [4.69, 9.17) is 9.15 Å². The van der Waals surface area contributed by atoms with Crippen molar-refractivity contribution in [1.82, 2.24) is 20.0 Å². The number of hydrogen-bond acceptors (Lipinski definition) is 5. The average molecular weight is 347 g/mol. The summed E-state index contributed by atoms with van der Waals surface area (Å²) in [6, 6.07) is 5.01. The number of aryl methyl sites for hydroxylation is 1. The molecule has 8 nitrogen and oxygen atoms in total. The number of aromatic nitrogens is 2. The predicted octanol–water partition coefficient (Wildman–Crippen LogP) is 2.00. The third-order valence-corrected chi connectivity index (χ3v) is 4.17. The Hall–Kier alpha value is -2.32. The van der Waals surface area contributed by atoms with Crippen LogP contribution in [0.3, 0.4) is 0 Å². The first-order valence-electron chi connectivity index (χ1n) is 8.57. The third-order valence-electron chi connectivity index (χ3n) is 4.17. The molecule has 2 N–H and O–H groups in total. The lowest BCUT2D eigenvalue weighted by Gasteiger charge is -2.26. The molecule has 25 heavy (non-hydrogen) atoms. The van der Waals surface area contributed by atoms with Crippen LogP contribution in [0, 0.1) is 6.92 Å². The molecule has 0 radical (unpaired) electrons. The Morgan fingerprint density at radius 1 is 1.28 bits per heavy atom. The van der Waals surface area contributed by atoms with E-state index in [0.29, 0.717) is 5.82 Å². The molecule has 0 bridgehead atoms. The first-order valence-corrected chi connectivity index (χ1v) is 8.57. The molecular weight excluding hydrogens is 322 g/mol. The summed E-state index contributed by atoms with van der Waals surface area (Å²) in [6.07, 6.45) is 1.87. The van der Waals surface area contributed by atoms with E-state index in [1.165, 1.54) is 0 Å². The van der Waals surface area contributed by atoms with E-state index >= 15 is 0 Å². The van der Waals surface area contributed by atoms with Crippen molar-refractivity contribution in [2.24, 2.45) is 0 Å². The molecule has 3 rings (SSSR count). The standard InChI is InChI=1S/C17H25N5O3/c1-13-3-4-15(25-13)14(2)18-17(23)19-16-5-6-22(20-16)8-7-21-9-11-24-12-10-21/h3-6,14H,7-12H2,1-2H3,(H2,18,19,20,23)/t14-/m0/s1. The highest BCUT2D eigenvalue weighted by atomic mass is 16.5. The summed E-state index contributed by atoms with van der Waals surface area (Å²) in [7, 11) is 0. The summed E-state index contributed by atoms with van der Waals surface area (Å²) < 4.78 is 12.7. The normalized spacial score (nSPS) is 16.6. The minimum Gasteiger partial charge on any atom is -0.464 e. The van der Waals surface area contributed by atoms with Crippen LogP contribution < -0.4 is 10.6 Å². The van der Waals surface area contributed by atoms with Gasteiger partial charge in [0.15, 0.2) is 5.82 Å². The van der Waals surface area contributed by atoms with Crippen LogP contribution in [0.1, 0.15) is 24.5 Å². The van der Waals surface area contributed by atoms with Gasteiger partial charge in [-0.05, 0) is 26.0 Å². The summed E-state index contributed by atoms with van der Waals surface area (Å²) in [5, 5.41) is 9.97. The first-order chi connectivity index (χ1) is 12.1. The molecule has 1 fully saturated rings. The van der Waals surface area contributed by atoms with Crippen molar-refractivity contribution in [1.29, 1.82) is 0 Å². The van der Waals surface area contributed by atoms with Gasteiger partial charge < -0.3 is 14.5 Å². The van der Waals surface area contributed by atoms with E-state index in [1.807, 2.05) is 36.9 Å². The molecule has 2 amide bonds. The zero-order chi connectivity index (χ0) is 17.6. The highest BCUT2D eigenvalue weighted by Crippen LogP contribution is 2.15. The van der Waals surface area contributed by atoms with Gasteiger partial charge in [0, 0.05) is 31.9 Å². The molecule has 2 aromatic heterocycles. The van der Waals surface area contributed by atoms with Gasteiger partial charge in [-0.15, -0.1) is 0 Å². The van der Waals surface area contributed by atoms with Crippen molar-refractivity contribution < 1.29 is 13.9 Å². The van der Waals surface area contributed by atoms with Crippen molar-refractivity contribution in [2.75, 3.05) is 38.2 Å². The monoisotopic (exact) mass is 347 g/mol. The van der Waals surface area contributed by atoms with Gasteiger partial charge in [-0.3, -0.25) is 14.9 Å². The van der Waals surface area contributed by atoms with Crippen molar-refractivity contribution >= 4 is 11.8 Å². The molecule has 2 aromatic rings. The number of amides is 2. The molecule has 1 aliphatic rings. The fourth-order valence-corrected chi connectivity index (χ4v) is 2.73. The van der Waals surface area contributed by atoms with Gasteiger partial charge in [0.2, 0.25) is 0 Å². The number of furan rings is 1. The maximum Gasteiger partial charge on any atom is 0.321 e. The molecular formula is C17H25N5O3. The molecule has 136 valence electrons. The largest absolute Gasteiger partial charge is 0.464 e. The first kappa shape index (κ1) is 17.5. The topological polar surface area (TPSA) is 84.6 Å². The molecule has 0 unspecified atom stereocenters. The lowest BCUT2D eigenvalue weighted by molar-refractivity contribution is 0.0360. The van der Waals surface area contributed by atoms with Gasteiger partial charge in [-0.2, -0.15) is 5.10 Å². The van der Waals surface area contributed by atoms with Crippen molar-refractivity contribution in [3.05, 3.63) is 35.9 Å². The van der Waals surface area contributed by atoms with Crippen LogP contribution in [-0.2, 0) is 11.3 Å². The van der Waals surface area contributed by atoms with Gasteiger partial charge in [0.1, 0.15) is 11.5 Å². The zero-order valence-corrected chi connectivity index (χ0v) is 14.7. The van der Waals surface area contributed by atoms with Gasteiger partial charge in [0.05, 0.1) is 25.8 Å². The maximum absolute atomic E-state index is 12.1. The van der Waals surface area contributed by atoms with Crippen LogP contribution in [0.4, 0.5) is 10.6 Å². The molecule has 3 heterocycles. The minimum atomic E-state index is -0.306. The second-order valence-electron chi connectivity index (χ2n) is 6.19. The summed E-state index contributed by atoms with van der Waals surface area (Å²) in [4.78, 5) is 14.4. The Balaban J connectivity index is 1.44. The minimum absolute atomic E-state index is 0.211. The Bertz CT molecular complexity index is 690. The molecule has 0 saturated carbocycles. The lowest BCUT2D eigenvalue weighted by atomic mass is 10.2. The van der Waals surface area contributed by atoms with Crippen molar-refractivity contribution in [3.63, 3.8) is 0 Å². The molecule has 0 aliphatic carbocycles. The number of nitrogens with one attached hydrogen (secondary N) is 2. The van der Waals surface area contributed by atoms with E-state index in [2.05, 4.69) is 20.6 Å². The van der Waals surface area contributed by atoms with Gasteiger partial charge in [0.25, 0.3) is 0 Å². The smallest absolute Gasteiger partial charge is 0.321 e. The van der Waals surface area contributed by atoms with E-state index in [9.17, 15) is 4.79 Å². The quantitative estimate of drug-likeness (QED) is 0.835. The average Bonchev–Trinajstić information content (AvgIpc) is 3.23. The SMILES string of the molecule is Cc1ccc([C@H](C)NC(=O)Nc2ccn(CCN3CCOCC3)n2)o1. The molecule has 0 aromatic carbocycles. The van der Waals surface area contributed by atoms with Crippen LogP contribution in [0.2, 0.25) is 0 Å². The Kier molecular flexibility index (Phi) is 5.72. The number of carbonyl (C=O) groups is 1. The molecule has 1 aliphatic heterocycles. The summed E-state index contributed by atoms with van der Waals surface area (Å²) in [5.41, 5.74) is 0. The number of anilines is 1. The van der Waals surface area contributed by atoms with Crippen LogP contribution in [0.25, 0.3) is 0 Å². The fraction of sp³-hybridized carbons (Fsp3) is 0.529. The predicted molar refractivity (Wildman–Crippen MR) is 93.5 cm³/mol. The van der Waals surface area contributed by atoms with E-state index < -0.39 is 0 Å². The highest BCUT2D eigenvalue weighted by molar-refractivity contribution is 5.88. The number of rotatable bonds is 6. The Morgan fingerprint density at radius 2 is 2.08 bits per heavy atom. The van der Waals surface area contributed by atoms with Gasteiger partial charge in [-0.1, -0.05) is 0 Å². The summed E-state index contributed by atoms with van der Waals surface area (Å²) in [5.74, 6) is 2.08. The molecule has 1 saturated heterocycles. The maximum atomic E-state index is 12.1. The lowest BCUT2D eigenvalue weighted by Crippen LogP contribution is -2.38. The van der Waals surface area contributed by atoms with E-state index in [0.717, 1.165) is 50.9 Å². The highest BCUT2D eigenvalue weighted by Gasteiger charge is 2.14. The zero-order valence-electron chi connectivity index (χ0n) is 14.7. The van der Waals surface area contributed by atoms with Gasteiger partial charge >= 0.3 is 6.03 Å². The number of carbonyl (C=O) groups excluding carboxylic acids is 1. The summed E-state index contributed by atoms with van der Waals surface area (Å²) >= 11 is 0. The second kappa shape index (κ2) is 8.17. The molecule has 8 heteroatoms. The third kappa shape index (κ3) is 5.07. The summed E-state index contributed by atoms with van der Waals surface area (Å²) in [6.45, 7) is 8.95. The van der Waals surface area contributed by atoms with E-state index in [-0.39, 0.29) is 12.1 Å².